The van der Waals surface area contributed by atoms with Gasteiger partial charge in [-0.3, -0.25) is 4.40 Å². The minimum Gasteiger partial charge on any atom is -0.478 e. The van der Waals surface area contributed by atoms with Gasteiger partial charge in [-0.25, -0.2) is 13.2 Å². The van der Waals surface area contributed by atoms with Gasteiger partial charge in [0.15, 0.2) is 21.3 Å². The molecule has 29 heavy (non-hydrogen) atoms. The van der Waals surface area contributed by atoms with Crippen molar-refractivity contribution in [3.05, 3.63) is 71.9 Å². The molecule has 8 heteroatoms. The quantitative estimate of drug-likeness (QED) is 0.556. The van der Waals surface area contributed by atoms with Gasteiger partial charge in [0.1, 0.15) is 0 Å². The van der Waals surface area contributed by atoms with E-state index >= 15 is 0 Å². The average Bonchev–Trinajstić information content (AvgIpc) is 3.10. The minimum absolute atomic E-state index is 0.221. The number of pyridine rings is 1. The number of nitrogens with zero attached hydrogens (tertiary/aromatic N) is 3. The maximum atomic E-state index is 11.6. The van der Waals surface area contributed by atoms with Crippen molar-refractivity contribution in [2.45, 2.75) is 11.8 Å². The Balaban J connectivity index is 1.77. The molecule has 0 atom stereocenters. The lowest BCUT2D eigenvalue weighted by Crippen LogP contribution is -1.98. The van der Waals surface area contributed by atoms with Crippen LogP contribution in [0.4, 0.5) is 0 Å². The predicted octanol–water partition coefficient (Wildman–Crippen LogP) is 3.47. The molecule has 4 rings (SSSR count). The number of hydrogen-bond donors (Lipinski definition) is 1. The first-order valence-corrected chi connectivity index (χ1v) is 10.6. The zero-order chi connectivity index (χ0) is 20.8. The number of aromatic carboxylic acids is 1. The fourth-order valence-corrected chi connectivity index (χ4v) is 3.80. The van der Waals surface area contributed by atoms with Crippen LogP contribution in [-0.4, -0.2) is 40.3 Å². The Morgan fingerprint density at radius 2 is 1.69 bits per heavy atom. The number of aryl methyl sites for hydroxylation is 1. The van der Waals surface area contributed by atoms with Crippen LogP contribution in [0.3, 0.4) is 0 Å². The molecule has 4 aromatic rings. The number of benzene rings is 2. The summed E-state index contributed by atoms with van der Waals surface area (Å²) >= 11 is 0. The fraction of sp³-hybridized carbons (Fsp3) is 0.0952. The van der Waals surface area contributed by atoms with Gasteiger partial charge in [0.25, 0.3) is 0 Å². The van der Waals surface area contributed by atoms with Crippen LogP contribution in [0.1, 0.15) is 15.9 Å². The summed E-state index contributed by atoms with van der Waals surface area (Å²) in [5.74, 6) is -0.391. The second-order valence-electron chi connectivity index (χ2n) is 6.80. The highest BCUT2D eigenvalue weighted by atomic mass is 32.2. The maximum Gasteiger partial charge on any atom is 0.335 e. The predicted molar refractivity (Wildman–Crippen MR) is 109 cm³/mol. The van der Waals surface area contributed by atoms with E-state index in [0.29, 0.717) is 11.5 Å². The number of carbonyl (C=O) groups is 1. The van der Waals surface area contributed by atoms with E-state index in [0.717, 1.165) is 28.5 Å². The number of sulfone groups is 1. The minimum atomic E-state index is -3.27. The number of carboxylic acids is 1. The van der Waals surface area contributed by atoms with Gasteiger partial charge in [-0.05, 0) is 72.1 Å². The Hall–Kier alpha value is -3.52. The molecule has 146 valence electrons. The average molecular weight is 407 g/mol. The van der Waals surface area contributed by atoms with E-state index in [4.69, 9.17) is 0 Å². The van der Waals surface area contributed by atoms with Crippen LogP contribution in [0.2, 0.25) is 0 Å². The normalized spacial score (nSPS) is 11.7. The van der Waals surface area contributed by atoms with Crippen LogP contribution in [0.25, 0.3) is 28.2 Å². The van der Waals surface area contributed by atoms with E-state index in [1.54, 1.807) is 46.9 Å². The number of hydrogen-bond acceptors (Lipinski definition) is 5. The summed E-state index contributed by atoms with van der Waals surface area (Å²) in [5.41, 5.74) is 4.17. The van der Waals surface area contributed by atoms with Crippen molar-refractivity contribution in [2.75, 3.05) is 6.26 Å². The van der Waals surface area contributed by atoms with Crippen LogP contribution in [0, 0.1) is 6.92 Å². The zero-order valence-corrected chi connectivity index (χ0v) is 16.5. The van der Waals surface area contributed by atoms with Crippen molar-refractivity contribution >= 4 is 21.5 Å². The largest absolute Gasteiger partial charge is 0.478 e. The molecule has 0 aliphatic rings. The molecule has 0 bridgehead atoms. The third kappa shape index (κ3) is 3.50. The van der Waals surface area contributed by atoms with Gasteiger partial charge in [0, 0.05) is 18.0 Å². The number of carboxylic acid groups (broad SMARTS) is 1. The van der Waals surface area contributed by atoms with Crippen LogP contribution < -0.4 is 0 Å². The highest BCUT2D eigenvalue weighted by Gasteiger charge is 2.13. The van der Waals surface area contributed by atoms with E-state index in [1.165, 1.54) is 0 Å². The fourth-order valence-electron chi connectivity index (χ4n) is 3.17. The molecule has 0 radical (unpaired) electrons. The molecule has 0 spiro atoms. The van der Waals surface area contributed by atoms with Crippen molar-refractivity contribution in [3.63, 3.8) is 0 Å². The van der Waals surface area contributed by atoms with Crippen molar-refractivity contribution in [2.24, 2.45) is 0 Å². The first-order valence-electron chi connectivity index (χ1n) is 8.73. The Labute approximate surface area is 167 Å². The van der Waals surface area contributed by atoms with E-state index in [9.17, 15) is 18.3 Å². The van der Waals surface area contributed by atoms with E-state index in [1.807, 2.05) is 25.3 Å². The van der Waals surface area contributed by atoms with Gasteiger partial charge < -0.3 is 5.11 Å². The van der Waals surface area contributed by atoms with Crippen LogP contribution >= 0.6 is 0 Å². The first-order chi connectivity index (χ1) is 13.7. The Bertz CT molecular complexity index is 1360. The SMILES string of the molecule is Cc1ccc(C(=O)O)cc1-c1ccn2c(-c3ccc(S(C)(=O)=O)cc3)nnc2c1. The molecule has 2 aromatic heterocycles. The molecule has 2 heterocycles. The zero-order valence-electron chi connectivity index (χ0n) is 15.7. The molecule has 0 saturated heterocycles. The lowest BCUT2D eigenvalue weighted by molar-refractivity contribution is 0.0697. The summed E-state index contributed by atoms with van der Waals surface area (Å²) in [5, 5.41) is 17.7. The highest BCUT2D eigenvalue weighted by Crippen LogP contribution is 2.27. The van der Waals surface area contributed by atoms with Crippen molar-refractivity contribution in [3.8, 4) is 22.5 Å². The Kier molecular flexibility index (Phi) is 4.43. The van der Waals surface area contributed by atoms with E-state index in [-0.39, 0.29) is 10.5 Å². The molecular weight excluding hydrogens is 390 g/mol. The van der Waals surface area contributed by atoms with Crippen LogP contribution in [0.15, 0.2) is 65.7 Å². The van der Waals surface area contributed by atoms with Gasteiger partial charge in [-0.2, -0.15) is 0 Å². The van der Waals surface area contributed by atoms with E-state index < -0.39 is 15.8 Å². The summed E-state index contributed by atoms with van der Waals surface area (Å²) < 4.78 is 25.1. The van der Waals surface area contributed by atoms with E-state index in [2.05, 4.69) is 10.2 Å². The smallest absolute Gasteiger partial charge is 0.335 e. The van der Waals surface area contributed by atoms with Crippen molar-refractivity contribution in [1.82, 2.24) is 14.6 Å². The van der Waals surface area contributed by atoms with Crippen molar-refractivity contribution in [1.29, 1.82) is 0 Å². The molecule has 7 nitrogen and oxygen atoms in total. The second kappa shape index (κ2) is 6.82. The Morgan fingerprint density at radius 3 is 2.34 bits per heavy atom. The number of fused-ring (bicyclic) bond motifs is 1. The molecule has 0 fully saturated rings. The molecule has 0 aliphatic carbocycles. The topological polar surface area (TPSA) is 102 Å². The third-order valence-corrected chi connectivity index (χ3v) is 5.87. The van der Waals surface area contributed by atoms with Crippen LogP contribution in [0.5, 0.6) is 0 Å². The monoisotopic (exact) mass is 407 g/mol. The summed E-state index contributed by atoms with van der Waals surface area (Å²) in [7, 11) is -3.27. The number of aromatic nitrogens is 3. The van der Waals surface area contributed by atoms with Crippen molar-refractivity contribution < 1.29 is 18.3 Å². The highest BCUT2D eigenvalue weighted by molar-refractivity contribution is 7.90. The maximum absolute atomic E-state index is 11.6. The standard InChI is InChI=1S/C21H17N3O4S/c1-13-3-4-16(21(25)26)11-18(13)15-9-10-24-19(12-15)22-23-20(24)14-5-7-17(8-6-14)29(2,27)28/h3-12H,1-2H3,(H,25,26). The molecule has 0 amide bonds. The summed E-state index contributed by atoms with van der Waals surface area (Å²) in [6.07, 6.45) is 2.98. The number of rotatable bonds is 4. The summed E-state index contributed by atoms with van der Waals surface area (Å²) in [4.78, 5) is 11.5. The molecule has 2 aromatic carbocycles. The summed E-state index contributed by atoms with van der Waals surface area (Å²) in [6, 6.07) is 15.2. The Morgan fingerprint density at radius 1 is 0.966 bits per heavy atom. The molecule has 0 unspecified atom stereocenters. The van der Waals surface area contributed by atoms with Gasteiger partial charge in [-0.1, -0.05) is 6.07 Å². The summed E-state index contributed by atoms with van der Waals surface area (Å²) in [6.45, 7) is 1.92. The first kappa shape index (κ1) is 18.8. The van der Waals surface area contributed by atoms with Gasteiger partial charge in [-0.15, -0.1) is 10.2 Å². The molecule has 0 aliphatic heterocycles. The lowest BCUT2D eigenvalue weighted by atomic mass is 9.99. The van der Waals surface area contributed by atoms with Gasteiger partial charge in [0.2, 0.25) is 0 Å². The van der Waals surface area contributed by atoms with Crippen LogP contribution in [-0.2, 0) is 9.84 Å². The van der Waals surface area contributed by atoms with Gasteiger partial charge in [0.05, 0.1) is 10.5 Å². The van der Waals surface area contributed by atoms with Gasteiger partial charge >= 0.3 is 5.97 Å². The molecule has 1 N–H and O–H groups in total. The lowest BCUT2D eigenvalue weighted by Gasteiger charge is -2.08. The molecule has 0 saturated carbocycles. The second-order valence-corrected chi connectivity index (χ2v) is 8.81. The molecular formula is C21H17N3O4S. The third-order valence-electron chi connectivity index (χ3n) is 4.75.